The summed E-state index contributed by atoms with van der Waals surface area (Å²) in [4.78, 5) is 47.1. The van der Waals surface area contributed by atoms with E-state index in [9.17, 15) is 19.2 Å². The first-order valence-corrected chi connectivity index (χ1v) is 10.5. The lowest BCUT2D eigenvalue weighted by Crippen LogP contribution is -2.54. The van der Waals surface area contributed by atoms with E-state index in [4.69, 9.17) is 9.84 Å². The molecule has 3 rings (SSSR count). The lowest BCUT2D eigenvalue weighted by molar-refractivity contribution is -0.151. The molecule has 2 aromatic rings. The number of carbonyl (C=O) groups is 4. The fourth-order valence-corrected chi connectivity index (χ4v) is 3.88. The number of aliphatic carboxylic acids is 1. The van der Waals surface area contributed by atoms with Gasteiger partial charge in [0.05, 0.1) is 0 Å². The number of ether oxygens (including phenoxy) is 1. The molecule has 0 spiro atoms. The molecule has 1 atom stereocenters. The third-order valence-corrected chi connectivity index (χ3v) is 5.26. The maximum absolute atomic E-state index is 12.5. The summed E-state index contributed by atoms with van der Waals surface area (Å²) in [5.41, 5.74) is 8.25. The van der Waals surface area contributed by atoms with Crippen molar-refractivity contribution < 1.29 is 29.0 Å². The molecular formula is C24H27N3O6. The summed E-state index contributed by atoms with van der Waals surface area (Å²) in [6.45, 7) is 5.56. The van der Waals surface area contributed by atoms with Crippen molar-refractivity contribution in [1.29, 1.82) is 0 Å². The summed E-state index contributed by atoms with van der Waals surface area (Å²) in [6.07, 6.45) is -0.714. The minimum Gasteiger partial charge on any atom is -0.474 e. The molecule has 4 N–H and O–H groups in total. The molecule has 1 unspecified atom stereocenters. The number of hydrogen-bond acceptors (Lipinski definition) is 5. The molecule has 2 aromatic carbocycles. The molecule has 0 aliphatic heterocycles. The average molecular weight is 453 g/mol. The van der Waals surface area contributed by atoms with Crippen LogP contribution in [0.3, 0.4) is 0 Å². The van der Waals surface area contributed by atoms with E-state index in [1.807, 2.05) is 69.3 Å². The SMILES string of the molecule is CC(C)(C)CC(NC(=O)C(=O)O)C(=O)NNC(=O)OCC1c2ccccc2-c2ccccc21. The maximum atomic E-state index is 12.5. The van der Waals surface area contributed by atoms with Crippen LogP contribution in [-0.2, 0) is 19.1 Å². The summed E-state index contributed by atoms with van der Waals surface area (Å²) in [5, 5.41) is 11.0. The Morgan fingerprint density at radius 1 is 0.939 bits per heavy atom. The molecule has 33 heavy (non-hydrogen) atoms. The van der Waals surface area contributed by atoms with Gasteiger partial charge >= 0.3 is 18.0 Å². The Labute approximate surface area is 191 Å². The number of nitrogens with one attached hydrogen (secondary N) is 3. The number of hydrazine groups is 1. The number of fused-ring (bicyclic) bond motifs is 3. The fourth-order valence-electron chi connectivity index (χ4n) is 3.88. The molecule has 0 radical (unpaired) electrons. The highest BCUT2D eigenvalue weighted by Gasteiger charge is 2.30. The molecule has 0 bridgehead atoms. The summed E-state index contributed by atoms with van der Waals surface area (Å²) < 4.78 is 5.34. The summed E-state index contributed by atoms with van der Waals surface area (Å²) in [7, 11) is 0. The first-order chi connectivity index (χ1) is 15.6. The number of benzene rings is 2. The zero-order chi connectivity index (χ0) is 24.2. The second-order valence-electron chi connectivity index (χ2n) is 9.04. The molecule has 174 valence electrons. The van der Waals surface area contributed by atoms with Crippen LogP contribution < -0.4 is 16.2 Å². The van der Waals surface area contributed by atoms with Gasteiger partial charge in [-0.05, 0) is 34.1 Å². The van der Waals surface area contributed by atoms with Crippen LogP contribution in [0.1, 0.15) is 44.2 Å². The van der Waals surface area contributed by atoms with Crippen molar-refractivity contribution >= 4 is 23.9 Å². The van der Waals surface area contributed by atoms with Crippen molar-refractivity contribution in [2.45, 2.75) is 39.2 Å². The topological polar surface area (TPSA) is 134 Å². The van der Waals surface area contributed by atoms with Crippen LogP contribution in [0.15, 0.2) is 48.5 Å². The normalized spacial score (nSPS) is 13.3. The van der Waals surface area contributed by atoms with Crippen molar-refractivity contribution in [3.05, 3.63) is 59.7 Å². The maximum Gasteiger partial charge on any atom is 0.426 e. The Kier molecular flexibility index (Phi) is 7.01. The van der Waals surface area contributed by atoms with Gasteiger partial charge in [0.1, 0.15) is 12.6 Å². The summed E-state index contributed by atoms with van der Waals surface area (Å²) >= 11 is 0. The van der Waals surface area contributed by atoms with Gasteiger partial charge in [-0.1, -0.05) is 69.3 Å². The smallest absolute Gasteiger partial charge is 0.426 e. The zero-order valence-corrected chi connectivity index (χ0v) is 18.7. The van der Waals surface area contributed by atoms with E-state index in [2.05, 4.69) is 16.2 Å². The summed E-state index contributed by atoms with van der Waals surface area (Å²) in [5.74, 6) is -3.90. The van der Waals surface area contributed by atoms with Gasteiger partial charge in [0.2, 0.25) is 0 Å². The van der Waals surface area contributed by atoms with Gasteiger partial charge in [-0.3, -0.25) is 15.0 Å². The van der Waals surface area contributed by atoms with Crippen molar-refractivity contribution in [2.24, 2.45) is 5.41 Å². The van der Waals surface area contributed by atoms with E-state index in [-0.39, 0.29) is 18.9 Å². The number of rotatable bonds is 5. The van der Waals surface area contributed by atoms with Gasteiger partial charge < -0.3 is 15.2 Å². The molecular weight excluding hydrogens is 426 g/mol. The van der Waals surface area contributed by atoms with Gasteiger partial charge in [0.15, 0.2) is 0 Å². The van der Waals surface area contributed by atoms with E-state index in [0.717, 1.165) is 22.3 Å². The van der Waals surface area contributed by atoms with E-state index >= 15 is 0 Å². The highest BCUT2D eigenvalue weighted by atomic mass is 16.6. The second-order valence-corrected chi connectivity index (χ2v) is 9.04. The highest BCUT2D eigenvalue weighted by molar-refractivity contribution is 6.32. The van der Waals surface area contributed by atoms with E-state index in [1.54, 1.807) is 0 Å². The monoisotopic (exact) mass is 453 g/mol. The number of amides is 3. The van der Waals surface area contributed by atoms with Crippen molar-refractivity contribution in [3.8, 4) is 11.1 Å². The van der Waals surface area contributed by atoms with Crippen LogP contribution in [0.5, 0.6) is 0 Å². The minimum absolute atomic E-state index is 0.0664. The second kappa shape index (κ2) is 9.72. The van der Waals surface area contributed by atoms with Gasteiger partial charge in [-0.25, -0.2) is 15.0 Å². The van der Waals surface area contributed by atoms with Gasteiger partial charge in [-0.15, -0.1) is 0 Å². The molecule has 0 fully saturated rings. The third kappa shape index (κ3) is 5.88. The Hall–Kier alpha value is -3.88. The number of carboxylic acid groups (broad SMARTS) is 1. The quantitative estimate of drug-likeness (QED) is 0.406. The van der Waals surface area contributed by atoms with Crippen LogP contribution in [0.25, 0.3) is 11.1 Å². The van der Waals surface area contributed by atoms with Crippen LogP contribution >= 0.6 is 0 Å². The van der Waals surface area contributed by atoms with Crippen LogP contribution in [0, 0.1) is 5.41 Å². The Bertz CT molecular complexity index is 1030. The molecule has 9 heteroatoms. The van der Waals surface area contributed by atoms with Crippen molar-refractivity contribution in [2.75, 3.05) is 6.61 Å². The number of carbonyl (C=O) groups excluding carboxylic acids is 3. The Morgan fingerprint density at radius 2 is 1.48 bits per heavy atom. The average Bonchev–Trinajstić information content (AvgIpc) is 3.08. The predicted octanol–water partition coefficient (Wildman–Crippen LogP) is 2.56. The molecule has 1 aliphatic rings. The van der Waals surface area contributed by atoms with Gasteiger partial charge in [-0.2, -0.15) is 0 Å². The molecule has 3 amide bonds. The third-order valence-electron chi connectivity index (χ3n) is 5.26. The van der Waals surface area contributed by atoms with Crippen molar-refractivity contribution in [1.82, 2.24) is 16.2 Å². The van der Waals surface area contributed by atoms with E-state index < -0.39 is 35.3 Å². The van der Waals surface area contributed by atoms with Crippen LogP contribution in [0.2, 0.25) is 0 Å². The Morgan fingerprint density at radius 3 is 2.00 bits per heavy atom. The molecule has 9 nitrogen and oxygen atoms in total. The van der Waals surface area contributed by atoms with Gasteiger partial charge in [0, 0.05) is 5.92 Å². The number of hydrogen-bond donors (Lipinski definition) is 4. The molecule has 0 aromatic heterocycles. The lowest BCUT2D eigenvalue weighted by atomic mass is 9.88. The predicted molar refractivity (Wildman–Crippen MR) is 120 cm³/mol. The zero-order valence-electron chi connectivity index (χ0n) is 18.7. The fraction of sp³-hybridized carbons (Fsp3) is 0.333. The van der Waals surface area contributed by atoms with E-state index in [1.165, 1.54) is 0 Å². The standard InChI is InChI=1S/C24H27N3O6/c1-24(2,3)12-19(25-21(29)22(30)31)20(28)26-27-23(32)33-13-18-16-10-6-4-8-14(16)15-9-5-7-11-17(15)18/h4-11,18-19H,12-13H2,1-3H3,(H,25,29)(H,26,28)(H,27,32)(H,30,31). The molecule has 1 aliphatic carbocycles. The largest absolute Gasteiger partial charge is 0.474 e. The molecule has 0 saturated carbocycles. The van der Waals surface area contributed by atoms with Gasteiger partial charge in [0.25, 0.3) is 5.91 Å². The van der Waals surface area contributed by atoms with Crippen LogP contribution in [0.4, 0.5) is 4.79 Å². The first kappa shape index (κ1) is 23.8. The highest BCUT2D eigenvalue weighted by Crippen LogP contribution is 2.44. The summed E-state index contributed by atoms with van der Waals surface area (Å²) in [6, 6.07) is 14.7. The van der Waals surface area contributed by atoms with Crippen LogP contribution in [-0.4, -0.2) is 41.6 Å². The molecule has 0 heterocycles. The number of carboxylic acids is 1. The van der Waals surface area contributed by atoms with Crippen molar-refractivity contribution in [3.63, 3.8) is 0 Å². The lowest BCUT2D eigenvalue weighted by Gasteiger charge is -2.25. The molecule has 0 saturated heterocycles. The first-order valence-electron chi connectivity index (χ1n) is 10.5. The minimum atomic E-state index is -1.70. The van der Waals surface area contributed by atoms with E-state index in [0.29, 0.717) is 0 Å². The Balaban J connectivity index is 1.59.